The van der Waals surface area contributed by atoms with Crippen LogP contribution in [0.1, 0.15) is 49.7 Å². The zero-order valence-electron chi connectivity index (χ0n) is 11.9. The lowest BCUT2D eigenvalue weighted by Crippen LogP contribution is -2.01. The normalized spacial score (nSPS) is 12.3. The van der Waals surface area contributed by atoms with Gasteiger partial charge in [0, 0.05) is 0 Å². The quantitative estimate of drug-likeness (QED) is 0.602. The van der Waals surface area contributed by atoms with Gasteiger partial charge >= 0.3 is 0 Å². The Bertz CT molecular complexity index is 444. The minimum Gasteiger partial charge on any atom is -0.0654 e. The van der Waals surface area contributed by atoms with Crippen molar-refractivity contribution in [3.8, 4) is 0 Å². The molecule has 0 amide bonds. The van der Waals surface area contributed by atoms with Gasteiger partial charge in [0.15, 0.2) is 0 Å². The molecule has 19 heavy (non-hydrogen) atoms. The lowest BCUT2D eigenvalue weighted by molar-refractivity contribution is 0.547. The van der Waals surface area contributed by atoms with Crippen LogP contribution in [-0.4, -0.2) is 0 Å². The maximum absolute atomic E-state index is 2.28. The highest BCUT2D eigenvalue weighted by Crippen LogP contribution is 2.27. The van der Waals surface area contributed by atoms with E-state index in [0.29, 0.717) is 5.92 Å². The molecule has 0 fully saturated rings. The molecule has 0 heteroatoms. The third kappa shape index (κ3) is 4.55. The monoisotopic (exact) mass is 252 g/mol. The van der Waals surface area contributed by atoms with Gasteiger partial charge in [-0.1, -0.05) is 80.4 Å². The Labute approximate surface area is 117 Å². The molecule has 1 unspecified atom stereocenters. The van der Waals surface area contributed by atoms with Crippen LogP contribution in [0, 0.1) is 0 Å². The molecule has 2 aromatic carbocycles. The molecule has 0 aliphatic carbocycles. The van der Waals surface area contributed by atoms with Crippen molar-refractivity contribution in [1.29, 1.82) is 0 Å². The van der Waals surface area contributed by atoms with Gasteiger partial charge in [-0.05, 0) is 36.3 Å². The highest BCUT2D eigenvalue weighted by Gasteiger charge is 2.10. The molecule has 0 radical (unpaired) electrons. The number of hydrogen-bond acceptors (Lipinski definition) is 0. The van der Waals surface area contributed by atoms with Crippen LogP contribution in [-0.2, 0) is 6.42 Å². The topological polar surface area (TPSA) is 0 Å². The van der Waals surface area contributed by atoms with E-state index < -0.39 is 0 Å². The number of unbranched alkanes of at least 4 members (excludes halogenated alkanes) is 1. The van der Waals surface area contributed by atoms with E-state index in [0.717, 1.165) is 0 Å². The van der Waals surface area contributed by atoms with E-state index in [1.807, 2.05) is 0 Å². The van der Waals surface area contributed by atoms with Crippen molar-refractivity contribution in [2.24, 2.45) is 0 Å². The van der Waals surface area contributed by atoms with Crippen LogP contribution in [0.25, 0.3) is 0 Å². The Morgan fingerprint density at radius 1 is 0.789 bits per heavy atom. The average molecular weight is 252 g/mol. The summed E-state index contributed by atoms with van der Waals surface area (Å²) in [6, 6.07) is 21.8. The second-order valence-electron chi connectivity index (χ2n) is 5.27. The van der Waals surface area contributed by atoms with Crippen LogP contribution >= 0.6 is 0 Å². The van der Waals surface area contributed by atoms with E-state index in [-0.39, 0.29) is 0 Å². The molecule has 0 aliphatic heterocycles. The van der Waals surface area contributed by atoms with E-state index >= 15 is 0 Å². The molecule has 0 nitrogen and oxygen atoms in total. The van der Waals surface area contributed by atoms with Crippen LogP contribution < -0.4 is 0 Å². The molecule has 0 spiro atoms. The summed E-state index contributed by atoms with van der Waals surface area (Å²) >= 11 is 0. The van der Waals surface area contributed by atoms with Crippen molar-refractivity contribution in [3.05, 3.63) is 71.8 Å². The SMILES string of the molecule is CCCCC(CCc1ccccc1)c1ccccc1. The molecule has 1 atom stereocenters. The first-order valence-electron chi connectivity index (χ1n) is 7.49. The van der Waals surface area contributed by atoms with Gasteiger partial charge in [-0.15, -0.1) is 0 Å². The average Bonchev–Trinajstić information content (AvgIpc) is 2.49. The molecule has 0 saturated heterocycles. The highest BCUT2D eigenvalue weighted by molar-refractivity contribution is 5.21. The maximum Gasteiger partial charge on any atom is -0.0159 e. The minimum absolute atomic E-state index is 0.710. The van der Waals surface area contributed by atoms with Crippen LogP contribution in [0.4, 0.5) is 0 Å². The van der Waals surface area contributed by atoms with Crippen molar-refractivity contribution in [3.63, 3.8) is 0 Å². The molecule has 2 aromatic rings. The first kappa shape index (κ1) is 13.9. The van der Waals surface area contributed by atoms with Gasteiger partial charge in [0.1, 0.15) is 0 Å². The van der Waals surface area contributed by atoms with Gasteiger partial charge in [-0.2, -0.15) is 0 Å². The molecular weight excluding hydrogens is 228 g/mol. The van der Waals surface area contributed by atoms with Crippen LogP contribution in [0.3, 0.4) is 0 Å². The molecule has 0 heterocycles. The molecule has 100 valence electrons. The van der Waals surface area contributed by atoms with Gasteiger partial charge in [0.25, 0.3) is 0 Å². The number of rotatable bonds is 7. The fraction of sp³-hybridized carbons (Fsp3) is 0.368. The largest absolute Gasteiger partial charge is 0.0654 e. The molecule has 0 bridgehead atoms. The molecule has 0 saturated carbocycles. The van der Waals surface area contributed by atoms with E-state index in [2.05, 4.69) is 67.6 Å². The van der Waals surface area contributed by atoms with Crippen LogP contribution in [0.2, 0.25) is 0 Å². The van der Waals surface area contributed by atoms with Crippen molar-refractivity contribution in [1.82, 2.24) is 0 Å². The van der Waals surface area contributed by atoms with Gasteiger partial charge in [0.2, 0.25) is 0 Å². The molecule has 0 aliphatic rings. The zero-order valence-corrected chi connectivity index (χ0v) is 11.9. The van der Waals surface area contributed by atoms with E-state index in [1.54, 1.807) is 0 Å². The number of benzene rings is 2. The van der Waals surface area contributed by atoms with Crippen molar-refractivity contribution in [2.75, 3.05) is 0 Å². The van der Waals surface area contributed by atoms with Gasteiger partial charge in [-0.25, -0.2) is 0 Å². The van der Waals surface area contributed by atoms with Gasteiger partial charge in [-0.3, -0.25) is 0 Å². The van der Waals surface area contributed by atoms with Crippen LogP contribution in [0.15, 0.2) is 60.7 Å². The first-order valence-corrected chi connectivity index (χ1v) is 7.49. The van der Waals surface area contributed by atoms with Crippen molar-refractivity contribution < 1.29 is 0 Å². The Balaban J connectivity index is 1.98. The molecule has 0 aromatic heterocycles. The Morgan fingerprint density at radius 3 is 2.05 bits per heavy atom. The molecule has 0 N–H and O–H groups in total. The van der Waals surface area contributed by atoms with Gasteiger partial charge < -0.3 is 0 Å². The van der Waals surface area contributed by atoms with Crippen LogP contribution in [0.5, 0.6) is 0 Å². The third-order valence-electron chi connectivity index (χ3n) is 3.80. The predicted molar refractivity (Wildman–Crippen MR) is 83.5 cm³/mol. The summed E-state index contributed by atoms with van der Waals surface area (Å²) in [4.78, 5) is 0. The van der Waals surface area contributed by atoms with E-state index in [9.17, 15) is 0 Å². The summed E-state index contributed by atoms with van der Waals surface area (Å²) in [6.45, 7) is 2.28. The Kier molecular flexibility index (Phi) is 5.68. The predicted octanol–water partition coefficient (Wildman–Crippen LogP) is 5.59. The van der Waals surface area contributed by atoms with E-state index in [4.69, 9.17) is 0 Å². The van der Waals surface area contributed by atoms with Crippen molar-refractivity contribution in [2.45, 2.75) is 44.9 Å². The fourth-order valence-corrected chi connectivity index (χ4v) is 2.64. The number of hydrogen-bond donors (Lipinski definition) is 0. The summed E-state index contributed by atoms with van der Waals surface area (Å²) in [6.07, 6.45) is 6.37. The van der Waals surface area contributed by atoms with Crippen molar-refractivity contribution >= 4 is 0 Å². The maximum atomic E-state index is 2.28. The van der Waals surface area contributed by atoms with E-state index in [1.165, 1.54) is 43.2 Å². The second kappa shape index (κ2) is 7.78. The standard InChI is InChI=1S/C19H24/c1-2-3-12-19(18-13-8-5-9-14-18)16-15-17-10-6-4-7-11-17/h4-11,13-14,19H,2-3,12,15-16H2,1H3. The minimum atomic E-state index is 0.710. The zero-order chi connectivity index (χ0) is 13.3. The third-order valence-corrected chi connectivity index (χ3v) is 3.80. The fourth-order valence-electron chi connectivity index (χ4n) is 2.64. The number of aryl methyl sites for hydroxylation is 1. The molecule has 2 rings (SSSR count). The smallest absolute Gasteiger partial charge is 0.0159 e. The molecular formula is C19H24. The summed E-state index contributed by atoms with van der Waals surface area (Å²) < 4.78 is 0. The Hall–Kier alpha value is -1.56. The first-order chi connectivity index (χ1) is 9.40. The van der Waals surface area contributed by atoms with Gasteiger partial charge in [0.05, 0.1) is 0 Å². The summed E-state index contributed by atoms with van der Waals surface area (Å²) in [5.74, 6) is 0.710. The summed E-state index contributed by atoms with van der Waals surface area (Å²) in [5.41, 5.74) is 2.96. The summed E-state index contributed by atoms with van der Waals surface area (Å²) in [7, 11) is 0. The lowest BCUT2D eigenvalue weighted by atomic mass is 9.88. The highest BCUT2D eigenvalue weighted by atomic mass is 14.2. The summed E-state index contributed by atoms with van der Waals surface area (Å²) in [5, 5.41) is 0. The lowest BCUT2D eigenvalue weighted by Gasteiger charge is -2.17. The second-order valence-corrected chi connectivity index (χ2v) is 5.27. The Morgan fingerprint density at radius 2 is 1.42 bits per heavy atom.